The van der Waals surface area contributed by atoms with Crippen molar-refractivity contribution in [2.24, 2.45) is 0 Å². The van der Waals surface area contributed by atoms with Crippen molar-refractivity contribution in [1.82, 2.24) is 9.80 Å². The highest BCUT2D eigenvalue weighted by molar-refractivity contribution is 5.05. The van der Waals surface area contributed by atoms with Crippen molar-refractivity contribution in [3.05, 3.63) is 24.8 Å². The van der Waals surface area contributed by atoms with E-state index in [1.54, 1.807) is 6.08 Å². The van der Waals surface area contributed by atoms with Gasteiger partial charge in [0.05, 0.1) is 6.07 Å². The largest absolute Gasteiger partial charge is 0.302 e. The Labute approximate surface area is 105 Å². The Hall–Kier alpha value is -1.11. The molecule has 1 rings (SSSR count). The van der Waals surface area contributed by atoms with E-state index in [4.69, 9.17) is 5.26 Å². The van der Waals surface area contributed by atoms with Gasteiger partial charge < -0.3 is 4.90 Å². The molecular formula is C14H23N3. The molecule has 17 heavy (non-hydrogen) atoms. The molecule has 94 valence electrons. The summed E-state index contributed by atoms with van der Waals surface area (Å²) in [5.74, 6) is 0. The number of nitriles is 1. The van der Waals surface area contributed by atoms with Crippen LogP contribution in [0.3, 0.4) is 0 Å². The second kappa shape index (κ2) is 8.05. The van der Waals surface area contributed by atoms with Gasteiger partial charge in [0.15, 0.2) is 0 Å². The van der Waals surface area contributed by atoms with Gasteiger partial charge in [-0.3, -0.25) is 4.90 Å². The lowest BCUT2D eigenvalue weighted by atomic mass is 10.1. The van der Waals surface area contributed by atoms with Crippen LogP contribution in [0.2, 0.25) is 0 Å². The van der Waals surface area contributed by atoms with Crippen molar-refractivity contribution in [3.63, 3.8) is 0 Å². The molecule has 3 nitrogen and oxygen atoms in total. The highest BCUT2D eigenvalue weighted by Gasteiger charge is 2.18. The third-order valence-electron chi connectivity index (χ3n) is 3.38. The zero-order valence-corrected chi connectivity index (χ0v) is 10.8. The summed E-state index contributed by atoms with van der Waals surface area (Å²) in [4.78, 5) is 4.97. The van der Waals surface area contributed by atoms with E-state index in [2.05, 4.69) is 23.3 Å². The summed E-state index contributed by atoms with van der Waals surface area (Å²) in [6.45, 7) is 11.8. The minimum absolute atomic E-state index is 0.372. The highest BCUT2D eigenvalue weighted by atomic mass is 15.2. The summed E-state index contributed by atoms with van der Waals surface area (Å²) in [6, 6.07) is 2.41. The molecule has 0 bridgehead atoms. The van der Waals surface area contributed by atoms with Gasteiger partial charge in [-0.25, -0.2) is 0 Å². The number of hydrogen-bond acceptors (Lipinski definition) is 3. The van der Waals surface area contributed by atoms with Crippen molar-refractivity contribution in [2.45, 2.75) is 25.8 Å². The first-order chi connectivity index (χ1) is 8.31. The first kappa shape index (κ1) is 14.0. The fourth-order valence-corrected chi connectivity index (χ4v) is 2.29. The summed E-state index contributed by atoms with van der Waals surface area (Å²) in [5, 5.41) is 8.49. The molecule has 1 fully saturated rings. The van der Waals surface area contributed by atoms with Gasteiger partial charge in [0.25, 0.3) is 0 Å². The molecular weight excluding hydrogens is 210 g/mol. The summed E-state index contributed by atoms with van der Waals surface area (Å²) in [6.07, 6.45) is 7.62. The maximum atomic E-state index is 8.49. The van der Waals surface area contributed by atoms with E-state index in [9.17, 15) is 0 Å². The minimum atomic E-state index is 0.372. The summed E-state index contributed by atoms with van der Waals surface area (Å²) in [7, 11) is 0. The first-order valence-electron chi connectivity index (χ1n) is 6.45. The fraction of sp³-hybridized carbons (Fsp3) is 0.643. The molecule has 1 heterocycles. The normalized spacial score (nSPS) is 20.9. The standard InChI is InChI=1S/C14H23N3/c1-3-14(8-5-6-9-15)17-11-7-10-16(4-2)12-13-17/h3,5-6,14H,1,4,7-8,10-13H2,2H3/b6-5+. The predicted octanol–water partition coefficient (Wildman–Crippen LogP) is 2.04. The van der Waals surface area contributed by atoms with Crippen LogP contribution in [0.15, 0.2) is 24.8 Å². The van der Waals surface area contributed by atoms with Crippen LogP contribution in [0.5, 0.6) is 0 Å². The van der Waals surface area contributed by atoms with Crippen LogP contribution in [0.1, 0.15) is 19.8 Å². The van der Waals surface area contributed by atoms with Crippen molar-refractivity contribution < 1.29 is 0 Å². The van der Waals surface area contributed by atoms with Crippen molar-refractivity contribution in [3.8, 4) is 6.07 Å². The van der Waals surface area contributed by atoms with Crippen molar-refractivity contribution >= 4 is 0 Å². The van der Waals surface area contributed by atoms with Gasteiger partial charge >= 0.3 is 0 Å². The van der Waals surface area contributed by atoms with Crippen LogP contribution in [-0.4, -0.2) is 48.6 Å². The lowest BCUT2D eigenvalue weighted by Crippen LogP contribution is -2.37. The smallest absolute Gasteiger partial charge is 0.0908 e. The first-order valence-corrected chi connectivity index (χ1v) is 6.45. The molecule has 0 aromatic carbocycles. The third kappa shape index (κ3) is 4.72. The molecule has 1 aliphatic heterocycles. The van der Waals surface area contributed by atoms with E-state index in [-0.39, 0.29) is 0 Å². The summed E-state index contributed by atoms with van der Waals surface area (Å²) >= 11 is 0. The average Bonchev–Trinajstić information content (AvgIpc) is 2.60. The Bertz CT molecular complexity index is 290. The average molecular weight is 233 g/mol. The van der Waals surface area contributed by atoms with Crippen LogP contribution >= 0.6 is 0 Å². The Morgan fingerprint density at radius 3 is 2.82 bits per heavy atom. The molecule has 1 atom stereocenters. The molecule has 1 saturated heterocycles. The van der Waals surface area contributed by atoms with Crippen LogP contribution in [0, 0.1) is 11.3 Å². The summed E-state index contributed by atoms with van der Waals surface area (Å²) < 4.78 is 0. The Morgan fingerprint density at radius 1 is 1.35 bits per heavy atom. The maximum Gasteiger partial charge on any atom is 0.0908 e. The van der Waals surface area contributed by atoms with E-state index in [1.165, 1.54) is 13.0 Å². The van der Waals surface area contributed by atoms with Crippen LogP contribution < -0.4 is 0 Å². The molecule has 0 amide bonds. The van der Waals surface area contributed by atoms with Crippen LogP contribution in [-0.2, 0) is 0 Å². The van der Waals surface area contributed by atoms with Gasteiger partial charge in [0.2, 0.25) is 0 Å². The second-order valence-electron chi connectivity index (χ2n) is 4.39. The van der Waals surface area contributed by atoms with Crippen LogP contribution in [0.25, 0.3) is 0 Å². The lowest BCUT2D eigenvalue weighted by Gasteiger charge is -2.27. The monoisotopic (exact) mass is 233 g/mol. The Morgan fingerprint density at radius 2 is 2.18 bits per heavy atom. The highest BCUT2D eigenvalue weighted by Crippen LogP contribution is 2.11. The van der Waals surface area contributed by atoms with Gasteiger partial charge in [-0.2, -0.15) is 5.26 Å². The van der Waals surface area contributed by atoms with Gasteiger partial charge in [-0.05, 0) is 25.9 Å². The topological polar surface area (TPSA) is 30.3 Å². The van der Waals surface area contributed by atoms with Gasteiger partial charge in [0, 0.05) is 31.8 Å². The van der Waals surface area contributed by atoms with E-state index >= 15 is 0 Å². The zero-order chi connectivity index (χ0) is 12.5. The number of rotatable bonds is 5. The Balaban J connectivity index is 2.48. The van der Waals surface area contributed by atoms with Gasteiger partial charge in [0.1, 0.15) is 0 Å². The Kier molecular flexibility index (Phi) is 6.61. The van der Waals surface area contributed by atoms with Gasteiger partial charge in [-0.1, -0.05) is 19.1 Å². The SMILES string of the molecule is C=CC(C/C=C/C#N)N1CCCN(CC)CC1. The van der Waals surface area contributed by atoms with E-state index < -0.39 is 0 Å². The molecule has 0 saturated carbocycles. The second-order valence-corrected chi connectivity index (χ2v) is 4.39. The van der Waals surface area contributed by atoms with Crippen LogP contribution in [0.4, 0.5) is 0 Å². The van der Waals surface area contributed by atoms with Gasteiger partial charge in [-0.15, -0.1) is 6.58 Å². The minimum Gasteiger partial charge on any atom is -0.302 e. The molecule has 0 radical (unpaired) electrons. The molecule has 0 aromatic rings. The summed E-state index contributed by atoms with van der Waals surface area (Å²) in [5.41, 5.74) is 0. The van der Waals surface area contributed by atoms with Crippen molar-refractivity contribution in [1.29, 1.82) is 5.26 Å². The van der Waals surface area contributed by atoms with E-state index in [1.807, 2.05) is 18.2 Å². The molecule has 3 heteroatoms. The molecule has 0 aromatic heterocycles. The van der Waals surface area contributed by atoms with E-state index in [0.717, 1.165) is 32.6 Å². The zero-order valence-electron chi connectivity index (χ0n) is 10.8. The molecule has 0 aliphatic carbocycles. The quantitative estimate of drug-likeness (QED) is 0.538. The maximum absolute atomic E-state index is 8.49. The number of likely N-dealkylation sites (N-methyl/N-ethyl adjacent to an activating group) is 1. The molecule has 0 spiro atoms. The van der Waals surface area contributed by atoms with E-state index in [0.29, 0.717) is 6.04 Å². The number of nitrogens with zero attached hydrogens (tertiary/aromatic N) is 3. The fourth-order valence-electron chi connectivity index (χ4n) is 2.29. The predicted molar refractivity (Wildman–Crippen MR) is 71.7 cm³/mol. The third-order valence-corrected chi connectivity index (χ3v) is 3.38. The number of allylic oxidation sites excluding steroid dienone is 1. The molecule has 1 aliphatic rings. The lowest BCUT2D eigenvalue weighted by molar-refractivity contribution is 0.230. The van der Waals surface area contributed by atoms with Crippen molar-refractivity contribution in [2.75, 3.05) is 32.7 Å². The number of hydrogen-bond donors (Lipinski definition) is 0. The molecule has 1 unspecified atom stereocenters. The molecule has 0 N–H and O–H groups in total.